The van der Waals surface area contributed by atoms with E-state index >= 15 is 0 Å². The number of esters is 1. The quantitative estimate of drug-likeness (QED) is 0.772. The van der Waals surface area contributed by atoms with E-state index in [9.17, 15) is 9.59 Å². The monoisotopic (exact) mass is 355 g/mol. The first-order chi connectivity index (χ1) is 12.6. The molecule has 6 nitrogen and oxygen atoms in total. The number of para-hydroxylation sites is 1. The predicted molar refractivity (Wildman–Crippen MR) is 95.2 cm³/mol. The molecule has 1 saturated heterocycles. The molecule has 136 valence electrons. The Balaban J connectivity index is 1.56. The van der Waals surface area contributed by atoms with Crippen LogP contribution >= 0.6 is 0 Å². The van der Waals surface area contributed by atoms with E-state index in [2.05, 4.69) is 0 Å². The van der Waals surface area contributed by atoms with Gasteiger partial charge in [-0.1, -0.05) is 18.2 Å². The fourth-order valence-corrected chi connectivity index (χ4v) is 2.60. The summed E-state index contributed by atoms with van der Waals surface area (Å²) >= 11 is 0. The molecular weight excluding hydrogens is 334 g/mol. The standard InChI is InChI=1S/C20H21NO5/c1-15(19(22)21-11-13-24-14-12-21)25-20(23)16-7-9-18(10-8-16)26-17-5-3-2-4-6-17/h2-10,15H,11-14H2,1H3. The first-order valence-electron chi connectivity index (χ1n) is 8.54. The van der Waals surface area contributed by atoms with Crippen LogP contribution in [0, 0.1) is 0 Å². The van der Waals surface area contributed by atoms with Crippen molar-refractivity contribution in [2.24, 2.45) is 0 Å². The molecule has 2 aromatic rings. The van der Waals surface area contributed by atoms with Crippen LogP contribution in [0.3, 0.4) is 0 Å². The summed E-state index contributed by atoms with van der Waals surface area (Å²) in [6.45, 7) is 3.64. The highest BCUT2D eigenvalue weighted by molar-refractivity contribution is 5.92. The minimum absolute atomic E-state index is 0.203. The van der Waals surface area contributed by atoms with E-state index in [1.54, 1.807) is 36.1 Å². The fourth-order valence-electron chi connectivity index (χ4n) is 2.60. The lowest BCUT2D eigenvalue weighted by atomic mass is 10.2. The lowest BCUT2D eigenvalue weighted by Gasteiger charge is -2.28. The molecule has 0 radical (unpaired) electrons. The smallest absolute Gasteiger partial charge is 0.338 e. The van der Waals surface area contributed by atoms with Crippen LogP contribution in [0.4, 0.5) is 0 Å². The second kappa shape index (κ2) is 8.49. The molecule has 1 aliphatic rings. The van der Waals surface area contributed by atoms with Crippen LogP contribution in [0.15, 0.2) is 54.6 Å². The first kappa shape index (κ1) is 17.9. The molecule has 1 amide bonds. The van der Waals surface area contributed by atoms with Gasteiger partial charge >= 0.3 is 5.97 Å². The van der Waals surface area contributed by atoms with Gasteiger partial charge in [0.15, 0.2) is 6.10 Å². The zero-order valence-corrected chi connectivity index (χ0v) is 14.6. The highest BCUT2D eigenvalue weighted by Crippen LogP contribution is 2.21. The summed E-state index contributed by atoms with van der Waals surface area (Å²) < 4.78 is 16.2. The Morgan fingerprint density at radius 3 is 2.23 bits per heavy atom. The van der Waals surface area contributed by atoms with Crippen LogP contribution in [-0.4, -0.2) is 49.2 Å². The van der Waals surface area contributed by atoms with Crippen LogP contribution in [-0.2, 0) is 14.3 Å². The molecule has 1 heterocycles. The average Bonchev–Trinajstić information content (AvgIpc) is 2.69. The molecule has 1 atom stereocenters. The topological polar surface area (TPSA) is 65.1 Å². The molecular formula is C20H21NO5. The minimum atomic E-state index is -0.833. The number of ether oxygens (including phenoxy) is 3. The summed E-state index contributed by atoms with van der Waals surface area (Å²) in [7, 11) is 0. The van der Waals surface area contributed by atoms with E-state index in [0.717, 1.165) is 0 Å². The molecule has 0 spiro atoms. The Kier molecular flexibility index (Phi) is 5.86. The number of hydrogen-bond acceptors (Lipinski definition) is 5. The number of amides is 1. The first-order valence-corrected chi connectivity index (χ1v) is 8.54. The Morgan fingerprint density at radius 1 is 0.962 bits per heavy atom. The Bertz CT molecular complexity index is 739. The minimum Gasteiger partial charge on any atom is -0.457 e. The third-order valence-corrected chi connectivity index (χ3v) is 4.02. The summed E-state index contributed by atoms with van der Waals surface area (Å²) in [6, 6.07) is 16.0. The summed E-state index contributed by atoms with van der Waals surface area (Å²) in [5.41, 5.74) is 0.368. The van der Waals surface area contributed by atoms with Crippen LogP contribution < -0.4 is 4.74 Å². The molecule has 26 heavy (non-hydrogen) atoms. The average molecular weight is 355 g/mol. The number of nitrogens with zero attached hydrogens (tertiary/aromatic N) is 1. The van der Waals surface area contributed by atoms with Crippen molar-refractivity contribution in [3.8, 4) is 11.5 Å². The van der Waals surface area contributed by atoms with E-state index in [1.165, 1.54) is 0 Å². The van der Waals surface area contributed by atoms with Crippen molar-refractivity contribution in [3.63, 3.8) is 0 Å². The van der Waals surface area contributed by atoms with Crippen molar-refractivity contribution in [2.75, 3.05) is 26.3 Å². The van der Waals surface area contributed by atoms with Gasteiger partial charge in [-0.15, -0.1) is 0 Å². The maximum Gasteiger partial charge on any atom is 0.338 e. The van der Waals surface area contributed by atoms with Gasteiger partial charge in [0.2, 0.25) is 0 Å². The van der Waals surface area contributed by atoms with Crippen molar-refractivity contribution in [2.45, 2.75) is 13.0 Å². The van der Waals surface area contributed by atoms with Gasteiger partial charge in [0.25, 0.3) is 5.91 Å². The molecule has 0 bridgehead atoms. The van der Waals surface area contributed by atoms with Gasteiger partial charge in [-0.05, 0) is 43.3 Å². The van der Waals surface area contributed by atoms with Crippen molar-refractivity contribution in [3.05, 3.63) is 60.2 Å². The Morgan fingerprint density at radius 2 is 1.58 bits per heavy atom. The van der Waals surface area contributed by atoms with E-state index in [4.69, 9.17) is 14.2 Å². The van der Waals surface area contributed by atoms with E-state index in [0.29, 0.717) is 43.4 Å². The van der Waals surface area contributed by atoms with Crippen molar-refractivity contribution >= 4 is 11.9 Å². The number of benzene rings is 2. The maximum absolute atomic E-state index is 12.3. The lowest BCUT2D eigenvalue weighted by molar-refractivity contribution is -0.143. The maximum atomic E-state index is 12.3. The molecule has 0 saturated carbocycles. The van der Waals surface area contributed by atoms with Crippen LogP contribution in [0.1, 0.15) is 17.3 Å². The molecule has 1 unspecified atom stereocenters. The lowest BCUT2D eigenvalue weighted by Crippen LogP contribution is -2.46. The molecule has 6 heteroatoms. The fraction of sp³-hybridized carbons (Fsp3) is 0.300. The number of morpholine rings is 1. The molecule has 1 fully saturated rings. The van der Waals surface area contributed by atoms with Crippen molar-refractivity contribution < 1.29 is 23.8 Å². The highest BCUT2D eigenvalue weighted by atomic mass is 16.5. The summed E-state index contributed by atoms with van der Waals surface area (Å²) in [5.74, 6) is 0.591. The third-order valence-electron chi connectivity index (χ3n) is 4.02. The van der Waals surface area contributed by atoms with Gasteiger partial charge in [-0.2, -0.15) is 0 Å². The molecule has 2 aromatic carbocycles. The van der Waals surface area contributed by atoms with Crippen LogP contribution in [0.5, 0.6) is 11.5 Å². The number of carbonyl (C=O) groups is 2. The zero-order chi connectivity index (χ0) is 18.4. The summed E-state index contributed by atoms with van der Waals surface area (Å²) in [4.78, 5) is 26.2. The molecule has 1 aliphatic heterocycles. The Labute approximate surface area is 152 Å². The van der Waals surface area contributed by atoms with Gasteiger partial charge in [-0.3, -0.25) is 4.79 Å². The predicted octanol–water partition coefficient (Wildman–Crippen LogP) is 2.88. The number of carbonyl (C=O) groups excluding carboxylic acids is 2. The normalized spacial score (nSPS) is 15.2. The van der Waals surface area contributed by atoms with Gasteiger partial charge in [0.1, 0.15) is 11.5 Å². The third kappa shape index (κ3) is 4.61. The molecule has 0 aromatic heterocycles. The SMILES string of the molecule is CC(OC(=O)c1ccc(Oc2ccccc2)cc1)C(=O)N1CCOCC1. The van der Waals surface area contributed by atoms with E-state index < -0.39 is 12.1 Å². The van der Waals surface area contributed by atoms with E-state index in [1.807, 2.05) is 30.3 Å². The largest absolute Gasteiger partial charge is 0.457 e. The van der Waals surface area contributed by atoms with Gasteiger partial charge < -0.3 is 19.1 Å². The molecule has 3 rings (SSSR count). The second-order valence-corrected chi connectivity index (χ2v) is 5.92. The van der Waals surface area contributed by atoms with Crippen LogP contribution in [0.2, 0.25) is 0 Å². The van der Waals surface area contributed by atoms with Crippen molar-refractivity contribution in [1.82, 2.24) is 4.90 Å². The van der Waals surface area contributed by atoms with Crippen LogP contribution in [0.25, 0.3) is 0 Å². The molecule has 0 N–H and O–H groups in total. The van der Waals surface area contributed by atoms with Gasteiger partial charge in [0, 0.05) is 13.1 Å². The second-order valence-electron chi connectivity index (χ2n) is 5.92. The summed E-state index contributed by atoms with van der Waals surface area (Å²) in [5, 5.41) is 0. The van der Waals surface area contributed by atoms with Crippen molar-refractivity contribution in [1.29, 1.82) is 0 Å². The Hall–Kier alpha value is -2.86. The van der Waals surface area contributed by atoms with Gasteiger partial charge in [0.05, 0.1) is 18.8 Å². The molecule has 0 aliphatic carbocycles. The zero-order valence-electron chi connectivity index (χ0n) is 14.6. The highest BCUT2D eigenvalue weighted by Gasteiger charge is 2.25. The summed E-state index contributed by atoms with van der Waals surface area (Å²) in [6.07, 6.45) is -0.833. The van der Waals surface area contributed by atoms with E-state index in [-0.39, 0.29) is 5.91 Å². The number of hydrogen-bond donors (Lipinski definition) is 0. The number of rotatable bonds is 5. The van der Waals surface area contributed by atoms with Gasteiger partial charge in [-0.25, -0.2) is 4.79 Å².